The summed E-state index contributed by atoms with van der Waals surface area (Å²) in [5.41, 5.74) is 2.06. The number of benzene rings is 1. The third-order valence-corrected chi connectivity index (χ3v) is 4.27. The molecule has 1 aromatic heterocycles. The predicted molar refractivity (Wildman–Crippen MR) is 92.9 cm³/mol. The largest absolute Gasteiger partial charge is 0.392 e. The minimum atomic E-state index is -0.452. The minimum Gasteiger partial charge on any atom is -0.392 e. The Morgan fingerprint density at radius 3 is 2.60 bits per heavy atom. The maximum Gasteiger partial charge on any atom is 0.295 e. The van der Waals surface area contributed by atoms with Crippen LogP contribution >= 0.6 is 0 Å². The smallest absolute Gasteiger partial charge is 0.295 e. The van der Waals surface area contributed by atoms with Crippen LogP contribution in [0.15, 0.2) is 41.4 Å². The van der Waals surface area contributed by atoms with Gasteiger partial charge < -0.3 is 10.4 Å². The molecular formula is C18H20N4O3. The van der Waals surface area contributed by atoms with Gasteiger partial charge >= 0.3 is 0 Å². The third kappa shape index (κ3) is 3.51. The lowest BCUT2D eigenvalue weighted by Crippen LogP contribution is -2.29. The number of hydrogen-bond donors (Lipinski definition) is 2. The number of aliphatic hydroxyl groups is 1. The zero-order chi connectivity index (χ0) is 18.0. The molecule has 2 aromatic rings. The predicted octanol–water partition coefficient (Wildman–Crippen LogP) is 1.59. The van der Waals surface area contributed by atoms with E-state index >= 15 is 0 Å². The molecule has 1 atom stereocenters. The van der Waals surface area contributed by atoms with Gasteiger partial charge in [0, 0.05) is 31.7 Å². The minimum absolute atomic E-state index is 0.169. The van der Waals surface area contributed by atoms with E-state index in [-0.39, 0.29) is 23.3 Å². The van der Waals surface area contributed by atoms with Gasteiger partial charge in [-0.3, -0.25) is 14.3 Å². The Labute approximate surface area is 145 Å². The van der Waals surface area contributed by atoms with E-state index in [0.717, 1.165) is 5.56 Å². The lowest BCUT2D eigenvalue weighted by Gasteiger charge is -2.22. The highest BCUT2D eigenvalue weighted by molar-refractivity contribution is 6.06. The monoisotopic (exact) mass is 340 g/mol. The van der Waals surface area contributed by atoms with Crippen molar-refractivity contribution < 1.29 is 14.7 Å². The first-order chi connectivity index (χ1) is 12.0. The van der Waals surface area contributed by atoms with Crippen LogP contribution in [-0.4, -0.2) is 45.6 Å². The quantitative estimate of drug-likeness (QED) is 0.883. The molecule has 1 aliphatic rings. The molecule has 1 fully saturated rings. The molecule has 1 aromatic carbocycles. The molecule has 7 nitrogen and oxygen atoms in total. The Morgan fingerprint density at radius 1 is 1.32 bits per heavy atom. The summed E-state index contributed by atoms with van der Waals surface area (Å²) in [7, 11) is 1.51. The van der Waals surface area contributed by atoms with E-state index in [1.165, 1.54) is 17.8 Å². The van der Waals surface area contributed by atoms with Gasteiger partial charge in [0.05, 0.1) is 12.1 Å². The molecule has 0 radical (unpaired) electrons. The van der Waals surface area contributed by atoms with Crippen molar-refractivity contribution in [3.63, 3.8) is 0 Å². The zero-order valence-electron chi connectivity index (χ0n) is 14.1. The summed E-state index contributed by atoms with van der Waals surface area (Å²) in [6.07, 6.45) is 0.411. The van der Waals surface area contributed by atoms with Crippen LogP contribution in [0.5, 0.6) is 0 Å². The normalized spacial score (nSPS) is 17.6. The van der Waals surface area contributed by atoms with Crippen LogP contribution in [0.3, 0.4) is 0 Å². The van der Waals surface area contributed by atoms with Crippen molar-refractivity contribution in [2.24, 2.45) is 4.99 Å². The third-order valence-electron chi connectivity index (χ3n) is 4.27. The molecule has 2 amide bonds. The molecule has 2 N–H and O–H groups in total. The molecule has 3 rings (SSSR count). The molecule has 0 bridgehead atoms. The Bertz CT molecular complexity index is 818. The summed E-state index contributed by atoms with van der Waals surface area (Å²) >= 11 is 0. The topological polar surface area (TPSA) is 96.6 Å². The molecule has 0 unspecified atom stereocenters. The molecule has 0 aliphatic heterocycles. The number of aliphatic hydroxyl groups excluding tert-OH is 1. The first kappa shape index (κ1) is 17.0. The molecule has 0 saturated heterocycles. The molecule has 1 saturated carbocycles. The first-order valence-corrected chi connectivity index (χ1v) is 8.15. The van der Waals surface area contributed by atoms with Gasteiger partial charge in [-0.1, -0.05) is 30.3 Å². The van der Waals surface area contributed by atoms with Gasteiger partial charge in [-0.25, -0.2) is 4.99 Å². The average molecular weight is 340 g/mol. The van der Waals surface area contributed by atoms with Crippen molar-refractivity contribution >= 4 is 17.5 Å². The van der Waals surface area contributed by atoms with Gasteiger partial charge in [0.2, 0.25) is 0 Å². The second kappa shape index (κ2) is 6.98. The van der Waals surface area contributed by atoms with Crippen LogP contribution in [0, 0.1) is 0 Å². The summed E-state index contributed by atoms with van der Waals surface area (Å²) in [6, 6.07) is 10.8. The molecule has 7 heteroatoms. The molecular weight excluding hydrogens is 320 g/mol. The van der Waals surface area contributed by atoms with E-state index < -0.39 is 12.0 Å². The van der Waals surface area contributed by atoms with E-state index in [2.05, 4.69) is 15.4 Å². The van der Waals surface area contributed by atoms with E-state index in [9.17, 15) is 14.7 Å². The summed E-state index contributed by atoms with van der Waals surface area (Å²) in [5, 5.41) is 16.2. The number of amides is 2. The van der Waals surface area contributed by atoms with E-state index in [4.69, 9.17) is 0 Å². The van der Waals surface area contributed by atoms with Crippen LogP contribution < -0.4 is 5.32 Å². The molecule has 1 aliphatic carbocycles. The van der Waals surface area contributed by atoms with Crippen molar-refractivity contribution in [3.05, 3.63) is 53.3 Å². The van der Waals surface area contributed by atoms with Gasteiger partial charge in [-0.2, -0.15) is 5.10 Å². The Morgan fingerprint density at radius 2 is 2.00 bits per heavy atom. The first-order valence-electron chi connectivity index (χ1n) is 8.15. The SMILES string of the molecule is CNC(=O)c1cc(C(=O)N=C2CC(O)C2)n([C@@H](C)c2ccccc2)n1. The number of rotatable bonds is 4. The maximum atomic E-state index is 12.6. The fraction of sp³-hybridized carbons (Fsp3) is 0.333. The second-order valence-corrected chi connectivity index (χ2v) is 6.07. The molecule has 130 valence electrons. The average Bonchev–Trinajstić information content (AvgIpc) is 3.05. The Kier molecular flexibility index (Phi) is 4.76. The zero-order valence-corrected chi connectivity index (χ0v) is 14.1. The van der Waals surface area contributed by atoms with Crippen molar-refractivity contribution in [1.82, 2.24) is 15.1 Å². The Balaban J connectivity index is 1.98. The highest BCUT2D eigenvalue weighted by Gasteiger charge is 2.26. The number of hydrogen-bond acceptors (Lipinski definition) is 4. The van der Waals surface area contributed by atoms with E-state index in [1.54, 1.807) is 0 Å². The van der Waals surface area contributed by atoms with Gasteiger partial charge in [-0.15, -0.1) is 0 Å². The maximum absolute atomic E-state index is 12.6. The summed E-state index contributed by atoms with van der Waals surface area (Å²) in [4.78, 5) is 28.6. The van der Waals surface area contributed by atoms with Gasteiger partial charge in [0.25, 0.3) is 11.8 Å². The van der Waals surface area contributed by atoms with Crippen LogP contribution in [0.2, 0.25) is 0 Å². The number of carbonyl (C=O) groups excluding carboxylic acids is 2. The summed E-state index contributed by atoms with van der Waals surface area (Å²) in [5.74, 6) is -0.813. The van der Waals surface area contributed by atoms with Gasteiger partial charge in [0.1, 0.15) is 5.69 Å². The fourth-order valence-electron chi connectivity index (χ4n) is 2.74. The number of nitrogens with one attached hydrogen (secondary N) is 1. The lowest BCUT2D eigenvalue weighted by molar-refractivity contribution is 0.0954. The number of carbonyl (C=O) groups is 2. The number of aliphatic imine (C=N–C) groups is 1. The van der Waals surface area contributed by atoms with Crippen LogP contribution in [0.25, 0.3) is 0 Å². The van der Waals surface area contributed by atoms with Gasteiger partial charge in [0.15, 0.2) is 5.69 Å². The van der Waals surface area contributed by atoms with Crippen LogP contribution in [0.4, 0.5) is 0 Å². The second-order valence-electron chi connectivity index (χ2n) is 6.07. The van der Waals surface area contributed by atoms with E-state index in [0.29, 0.717) is 18.6 Å². The fourth-order valence-corrected chi connectivity index (χ4v) is 2.74. The van der Waals surface area contributed by atoms with E-state index in [1.807, 2.05) is 37.3 Å². The highest BCUT2D eigenvalue weighted by atomic mass is 16.3. The number of nitrogens with zero attached hydrogens (tertiary/aromatic N) is 3. The lowest BCUT2D eigenvalue weighted by atomic mass is 9.93. The molecule has 1 heterocycles. The number of aromatic nitrogens is 2. The highest BCUT2D eigenvalue weighted by Crippen LogP contribution is 2.22. The standard InChI is InChI=1S/C18H20N4O3/c1-11(12-6-4-3-5-7-12)22-16(10-15(21-22)17(24)19-2)18(25)20-13-8-14(23)9-13/h3-7,10-11,14,23H,8-9H2,1-2H3,(H,19,24)/t11-,14?/m0/s1. The van der Waals surface area contributed by atoms with Crippen molar-refractivity contribution in [1.29, 1.82) is 0 Å². The Hall–Kier alpha value is -2.80. The molecule has 0 spiro atoms. The van der Waals surface area contributed by atoms with Crippen LogP contribution in [-0.2, 0) is 0 Å². The van der Waals surface area contributed by atoms with Crippen molar-refractivity contribution in [3.8, 4) is 0 Å². The van der Waals surface area contributed by atoms with Gasteiger partial charge in [-0.05, 0) is 12.5 Å². The van der Waals surface area contributed by atoms with Crippen molar-refractivity contribution in [2.45, 2.75) is 31.9 Å². The van der Waals surface area contributed by atoms with Crippen molar-refractivity contribution in [2.75, 3.05) is 7.05 Å². The summed E-state index contributed by atoms with van der Waals surface area (Å²) < 4.78 is 1.53. The molecule has 25 heavy (non-hydrogen) atoms. The van der Waals surface area contributed by atoms with Crippen LogP contribution in [0.1, 0.15) is 52.3 Å². The summed E-state index contributed by atoms with van der Waals surface area (Å²) in [6.45, 7) is 1.91.